The molecule has 0 saturated heterocycles. The quantitative estimate of drug-likeness (QED) is 0.941. The lowest BCUT2D eigenvalue weighted by atomic mass is 9.96. The number of amides is 1. The molecule has 0 fully saturated rings. The van der Waals surface area contributed by atoms with Gasteiger partial charge in [0.2, 0.25) is 5.91 Å². The molecule has 1 aromatic heterocycles. The molecule has 2 aromatic rings. The van der Waals surface area contributed by atoms with Crippen molar-refractivity contribution in [2.75, 3.05) is 6.54 Å². The molecule has 0 atom stereocenters. The molecule has 1 amide bonds. The van der Waals surface area contributed by atoms with Gasteiger partial charge in [-0.15, -0.1) is 0 Å². The number of fused-ring (bicyclic) bond motifs is 1. The second-order valence-electron chi connectivity index (χ2n) is 5.46. The number of carbonyl (C=O) groups excluding carboxylic acids is 1. The first-order chi connectivity index (χ1) is 11.1. The van der Waals surface area contributed by atoms with Crippen molar-refractivity contribution in [3.63, 3.8) is 0 Å². The minimum Gasteiger partial charge on any atom is -0.478 e. The van der Waals surface area contributed by atoms with Gasteiger partial charge in [0.05, 0.1) is 12.0 Å². The first kappa shape index (κ1) is 15.1. The number of carboxylic acid groups (broad SMARTS) is 1. The average molecular weight is 314 g/mol. The van der Waals surface area contributed by atoms with Gasteiger partial charge in [0, 0.05) is 25.5 Å². The van der Waals surface area contributed by atoms with Crippen LogP contribution in [0.1, 0.15) is 27.0 Å². The summed E-state index contributed by atoms with van der Waals surface area (Å²) in [7, 11) is 0. The van der Waals surface area contributed by atoms with Crippen LogP contribution in [0.4, 0.5) is 4.39 Å². The number of pyridine rings is 1. The number of rotatable bonds is 3. The normalized spacial score (nSPS) is 13.5. The van der Waals surface area contributed by atoms with E-state index in [2.05, 4.69) is 4.98 Å². The van der Waals surface area contributed by atoms with Crippen molar-refractivity contribution >= 4 is 11.9 Å². The van der Waals surface area contributed by atoms with E-state index >= 15 is 0 Å². The minimum atomic E-state index is -1.01. The first-order valence-electron chi connectivity index (χ1n) is 7.26. The molecule has 0 bridgehead atoms. The molecule has 1 aliphatic rings. The number of aromatic carboxylic acids is 1. The summed E-state index contributed by atoms with van der Waals surface area (Å²) < 4.78 is 13.7. The van der Waals surface area contributed by atoms with Crippen LogP contribution in [0, 0.1) is 5.82 Å². The number of aromatic nitrogens is 1. The van der Waals surface area contributed by atoms with E-state index in [1.807, 2.05) is 0 Å². The van der Waals surface area contributed by atoms with E-state index in [0.717, 1.165) is 11.1 Å². The van der Waals surface area contributed by atoms with Crippen molar-refractivity contribution in [1.29, 1.82) is 0 Å². The number of hydrogen-bond acceptors (Lipinski definition) is 3. The van der Waals surface area contributed by atoms with Gasteiger partial charge in [0.1, 0.15) is 5.82 Å². The smallest absolute Gasteiger partial charge is 0.337 e. The Morgan fingerprint density at radius 1 is 1.26 bits per heavy atom. The second-order valence-corrected chi connectivity index (χ2v) is 5.46. The summed E-state index contributed by atoms with van der Waals surface area (Å²) in [6.07, 6.45) is 3.37. The van der Waals surface area contributed by atoms with Gasteiger partial charge in [-0.05, 0) is 29.2 Å². The molecule has 0 radical (unpaired) electrons. The van der Waals surface area contributed by atoms with Crippen molar-refractivity contribution in [3.05, 3.63) is 64.7 Å². The Morgan fingerprint density at radius 2 is 2.04 bits per heavy atom. The summed E-state index contributed by atoms with van der Waals surface area (Å²) in [5.41, 5.74) is 2.00. The number of nitrogens with zero attached hydrogens (tertiary/aromatic N) is 2. The Bertz CT molecular complexity index is 776. The first-order valence-corrected chi connectivity index (χ1v) is 7.26. The van der Waals surface area contributed by atoms with Gasteiger partial charge in [-0.1, -0.05) is 18.2 Å². The van der Waals surface area contributed by atoms with Crippen molar-refractivity contribution < 1.29 is 19.1 Å². The fourth-order valence-electron chi connectivity index (χ4n) is 2.81. The van der Waals surface area contributed by atoms with E-state index in [0.29, 0.717) is 25.1 Å². The van der Waals surface area contributed by atoms with Crippen LogP contribution in [0.25, 0.3) is 0 Å². The number of carbonyl (C=O) groups is 2. The summed E-state index contributed by atoms with van der Waals surface area (Å²) in [5, 5.41) is 9.18. The maximum atomic E-state index is 13.7. The highest BCUT2D eigenvalue weighted by atomic mass is 19.1. The summed E-state index contributed by atoms with van der Waals surface area (Å²) in [5.74, 6) is -1.59. The van der Waals surface area contributed by atoms with Crippen molar-refractivity contribution in [2.24, 2.45) is 0 Å². The zero-order valence-electron chi connectivity index (χ0n) is 12.3. The van der Waals surface area contributed by atoms with E-state index in [9.17, 15) is 19.1 Å². The predicted molar refractivity (Wildman–Crippen MR) is 80.4 cm³/mol. The van der Waals surface area contributed by atoms with Crippen LogP contribution in [0.3, 0.4) is 0 Å². The Kier molecular flexibility index (Phi) is 4.06. The molecule has 2 heterocycles. The highest BCUT2D eigenvalue weighted by molar-refractivity contribution is 5.89. The highest BCUT2D eigenvalue weighted by Gasteiger charge is 2.25. The monoisotopic (exact) mass is 314 g/mol. The average Bonchev–Trinajstić information content (AvgIpc) is 2.55. The summed E-state index contributed by atoms with van der Waals surface area (Å²) in [6, 6.07) is 6.20. The zero-order chi connectivity index (χ0) is 16.4. The van der Waals surface area contributed by atoms with E-state index in [1.54, 1.807) is 29.3 Å². The summed E-state index contributed by atoms with van der Waals surface area (Å²) >= 11 is 0. The molecule has 0 unspecified atom stereocenters. The van der Waals surface area contributed by atoms with Crippen molar-refractivity contribution in [2.45, 2.75) is 19.4 Å². The highest BCUT2D eigenvalue weighted by Crippen LogP contribution is 2.22. The minimum absolute atomic E-state index is 0.00590. The van der Waals surface area contributed by atoms with Crippen LogP contribution in [0.2, 0.25) is 0 Å². The van der Waals surface area contributed by atoms with E-state index in [1.165, 1.54) is 12.3 Å². The lowest BCUT2D eigenvalue weighted by molar-refractivity contribution is -0.131. The van der Waals surface area contributed by atoms with E-state index < -0.39 is 11.8 Å². The Hall–Kier alpha value is -2.76. The molecule has 0 spiro atoms. The number of carboxylic acids is 1. The fraction of sp³-hybridized carbons (Fsp3) is 0.235. The van der Waals surface area contributed by atoms with Crippen LogP contribution < -0.4 is 0 Å². The van der Waals surface area contributed by atoms with Crippen LogP contribution in [-0.4, -0.2) is 33.4 Å². The lowest BCUT2D eigenvalue weighted by Gasteiger charge is -2.29. The maximum absolute atomic E-state index is 13.7. The zero-order valence-corrected chi connectivity index (χ0v) is 12.3. The molecular weight excluding hydrogens is 299 g/mol. The van der Waals surface area contributed by atoms with Gasteiger partial charge in [-0.3, -0.25) is 9.78 Å². The number of halogens is 1. The molecule has 1 aliphatic heterocycles. The molecule has 6 heteroatoms. The third-order valence-electron chi connectivity index (χ3n) is 4.02. The topological polar surface area (TPSA) is 70.5 Å². The molecule has 3 rings (SSSR count). The van der Waals surface area contributed by atoms with E-state index in [4.69, 9.17) is 0 Å². The van der Waals surface area contributed by atoms with Crippen molar-refractivity contribution in [3.8, 4) is 0 Å². The third kappa shape index (κ3) is 3.06. The number of hydrogen-bond donors (Lipinski definition) is 1. The third-order valence-corrected chi connectivity index (χ3v) is 4.02. The van der Waals surface area contributed by atoms with Gasteiger partial charge in [0.15, 0.2) is 0 Å². The van der Waals surface area contributed by atoms with E-state index in [-0.39, 0.29) is 17.9 Å². The van der Waals surface area contributed by atoms with Gasteiger partial charge < -0.3 is 10.0 Å². The number of benzene rings is 1. The van der Waals surface area contributed by atoms with Gasteiger partial charge in [0.25, 0.3) is 0 Å². The molecular formula is C17H15FN2O3. The molecule has 118 valence electrons. The molecule has 0 saturated carbocycles. The van der Waals surface area contributed by atoms with Crippen LogP contribution in [0.5, 0.6) is 0 Å². The Balaban J connectivity index is 1.77. The molecule has 23 heavy (non-hydrogen) atoms. The lowest BCUT2D eigenvalue weighted by Crippen LogP contribution is -2.37. The van der Waals surface area contributed by atoms with Crippen molar-refractivity contribution in [1.82, 2.24) is 9.88 Å². The summed E-state index contributed by atoms with van der Waals surface area (Å²) in [6.45, 7) is 0.724. The van der Waals surface area contributed by atoms with Crippen LogP contribution in [0.15, 0.2) is 36.7 Å². The molecule has 0 aliphatic carbocycles. The van der Waals surface area contributed by atoms with Gasteiger partial charge in [-0.2, -0.15) is 0 Å². The van der Waals surface area contributed by atoms with Gasteiger partial charge >= 0.3 is 5.97 Å². The molecule has 1 aromatic carbocycles. The van der Waals surface area contributed by atoms with Crippen LogP contribution in [-0.2, 0) is 24.2 Å². The Morgan fingerprint density at radius 3 is 2.78 bits per heavy atom. The van der Waals surface area contributed by atoms with Crippen LogP contribution >= 0.6 is 0 Å². The fourth-order valence-corrected chi connectivity index (χ4v) is 2.81. The standard InChI is InChI=1S/C17H15FN2O3/c18-15-4-2-1-3-11(15)7-16(21)20-6-5-13-12(10-20)8-19-9-14(13)17(22)23/h1-4,8-9H,5-7,10H2,(H,22,23). The largest absolute Gasteiger partial charge is 0.478 e. The van der Waals surface area contributed by atoms with Gasteiger partial charge in [-0.25, -0.2) is 9.18 Å². The SMILES string of the molecule is O=C(O)c1cncc2c1CCN(C(=O)Cc1ccccc1F)C2. The molecule has 1 N–H and O–H groups in total. The maximum Gasteiger partial charge on any atom is 0.337 e. The predicted octanol–water partition coefficient (Wildman–Crippen LogP) is 2.05. The Labute approximate surface area is 132 Å². The molecule has 5 nitrogen and oxygen atoms in total. The summed E-state index contributed by atoms with van der Waals surface area (Å²) in [4.78, 5) is 29.1. The second kappa shape index (κ2) is 6.16.